The zero-order valence-electron chi connectivity index (χ0n) is 15.9. The zero-order valence-corrected chi connectivity index (χ0v) is 15.9. The molecule has 1 saturated carbocycles. The number of hydrogen-bond donors (Lipinski definition) is 1. The van der Waals surface area contributed by atoms with E-state index in [4.69, 9.17) is 4.74 Å². The Labute approximate surface area is 168 Å². The Balaban J connectivity index is 1.68. The fourth-order valence-electron chi connectivity index (χ4n) is 3.73. The average molecular weight is 418 g/mol. The molecule has 5 rings (SSSR count). The number of nitrogens with zero attached hydrogens (tertiary/aromatic N) is 5. The first-order valence-corrected chi connectivity index (χ1v) is 9.32. The van der Waals surface area contributed by atoms with Crippen LogP contribution in [0.3, 0.4) is 0 Å². The number of amides is 1. The van der Waals surface area contributed by atoms with Crippen LogP contribution in [0.2, 0.25) is 0 Å². The number of halogens is 3. The number of alkyl halides is 2. The van der Waals surface area contributed by atoms with Gasteiger partial charge in [0.2, 0.25) is 5.88 Å². The van der Waals surface area contributed by atoms with E-state index in [1.54, 1.807) is 19.3 Å². The van der Waals surface area contributed by atoms with Gasteiger partial charge in [0, 0.05) is 18.8 Å². The smallest absolute Gasteiger partial charge is 0.298 e. The van der Waals surface area contributed by atoms with Crippen LogP contribution in [0.25, 0.3) is 5.65 Å². The van der Waals surface area contributed by atoms with Crippen LogP contribution in [-0.2, 0) is 5.54 Å². The van der Waals surface area contributed by atoms with Crippen molar-refractivity contribution < 1.29 is 22.7 Å². The first-order chi connectivity index (χ1) is 14.3. The van der Waals surface area contributed by atoms with Gasteiger partial charge in [-0.1, -0.05) is 0 Å². The number of anilines is 1. The summed E-state index contributed by atoms with van der Waals surface area (Å²) in [5, 5.41) is 6.26. The van der Waals surface area contributed by atoms with Crippen molar-refractivity contribution in [1.82, 2.24) is 24.9 Å². The summed E-state index contributed by atoms with van der Waals surface area (Å²) in [6, 6.07) is 2.98. The minimum atomic E-state index is -3.36. The predicted octanol–water partition coefficient (Wildman–Crippen LogP) is 2.15. The average Bonchev–Trinajstić information content (AvgIpc) is 3.43. The molecule has 0 unspecified atom stereocenters. The van der Waals surface area contributed by atoms with Gasteiger partial charge in [0.05, 0.1) is 24.5 Å². The summed E-state index contributed by atoms with van der Waals surface area (Å²) in [7, 11) is 1.77. The highest BCUT2D eigenvalue weighted by Gasteiger charge is 2.51. The highest BCUT2D eigenvalue weighted by Crippen LogP contribution is 2.54. The summed E-state index contributed by atoms with van der Waals surface area (Å²) in [5.74, 6) is -4.20. The SMILES string of the molecule is CN1c2ccn3ncc(c3n2)C(=O)NCC(F)(F)COc2ncc(F)cc2C12CC2. The third kappa shape index (κ3) is 2.92. The Morgan fingerprint density at radius 2 is 2.07 bits per heavy atom. The maximum atomic E-state index is 14.3. The second-order valence-corrected chi connectivity index (χ2v) is 7.54. The van der Waals surface area contributed by atoms with Gasteiger partial charge in [-0.15, -0.1) is 0 Å². The quantitative estimate of drug-likeness (QED) is 0.602. The Morgan fingerprint density at radius 1 is 1.27 bits per heavy atom. The van der Waals surface area contributed by atoms with Crippen LogP contribution in [0.15, 0.2) is 30.7 Å². The number of aromatic nitrogens is 4. The highest BCUT2D eigenvalue weighted by atomic mass is 19.3. The summed E-state index contributed by atoms with van der Waals surface area (Å²) in [5.41, 5.74) is 0.00797. The van der Waals surface area contributed by atoms with Crippen molar-refractivity contribution in [3.8, 4) is 5.88 Å². The molecule has 11 heteroatoms. The van der Waals surface area contributed by atoms with E-state index in [9.17, 15) is 18.0 Å². The Morgan fingerprint density at radius 3 is 2.83 bits per heavy atom. The lowest BCUT2D eigenvalue weighted by Crippen LogP contribution is -2.41. The van der Waals surface area contributed by atoms with Crippen molar-refractivity contribution >= 4 is 17.4 Å². The van der Waals surface area contributed by atoms with E-state index in [2.05, 4.69) is 20.4 Å². The number of pyridine rings is 1. The lowest BCUT2D eigenvalue weighted by molar-refractivity contribution is -0.0391. The molecule has 3 aromatic heterocycles. The fourth-order valence-corrected chi connectivity index (χ4v) is 3.73. The van der Waals surface area contributed by atoms with Crippen LogP contribution < -0.4 is 15.0 Å². The maximum Gasteiger partial charge on any atom is 0.298 e. The monoisotopic (exact) mass is 418 g/mol. The van der Waals surface area contributed by atoms with Crippen LogP contribution in [0.1, 0.15) is 28.8 Å². The third-order valence-corrected chi connectivity index (χ3v) is 5.56. The fraction of sp³-hybridized carbons (Fsp3) is 0.368. The van der Waals surface area contributed by atoms with Gasteiger partial charge in [-0.05, 0) is 25.0 Å². The molecule has 3 aromatic rings. The molecular formula is C19H17F3N6O2. The molecule has 2 bridgehead atoms. The van der Waals surface area contributed by atoms with Crippen molar-refractivity contribution in [2.24, 2.45) is 0 Å². The second-order valence-electron chi connectivity index (χ2n) is 7.54. The topological polar surface area (TPSA) is 84.7 Å². The van der Waals surface area contributed by atoms with Crippen LogP contribution >= 0.6 is 0 Å². The lowest BCUT2D eigenvalue weighted by Gasteiger charge is -2.31. The van der Waals surface area contributed by atoms with Gasteiger partial charge in [-0.2, -0.15) is 5.10 Å². The van der Waals surface area contributed by atoms with E-state index in [-0.39, 0.29) is 17.1 Å². The number of nitrogens with one attached hydrogen (secondary N) is 1. The van der Waals surface area contributed by atoms with Crippen molar-refractivity contribution in [3.05, 3.63) is 47.7 Å². The highest BCUT2D eigenvalue weighted by molar-refractivity contribution is 5.99. The zero-order chi connectivity index (χ0) is 21.1. The molecule has 0 aromatic carbocycles. The second kappa shape index (κ2) is 6.31. The minimum absolute atomic E-state index is 0.0602. The van der Waals surface area contributed by atoms with Gasteiger partial charge in [0.25, 0.3) is 11.8 Å². The molecule has 0 saturated heterocycles. The van der Waals surface area contributed by atoms with Crippen LogP contribution in [0.4, 0.5) is 19.0 Å². The molecule has 2 aliphatic rings. The van der Waals surface area contributed by atoms with Gasteiger partial charge in [0.15, 0.2) is 12.3 Å². The van der Waals surface area contributed by atoms with Gasteiger partial charge in [-0.3, -0.25) is 4.79 Å². The largest absolute Gasteiger partial charge is 0.471 e. The Kier molecular flexibility index (Phi) is 3.92. The first-order valence-electron chi connectivity index (χ1n) is 9.32. The third-order valence-electron chi connectivity index (χ3n) is 5.56. The van der Waals surface area contributed by atoms with Crippen LogP contribution in [0.5, 0.6) is 5.88 Å². The molecule has 1 aliphatic carbocycles. The lowest BCUT2D eigenvalue weighted by atomic mass is 10.0. The Bertz CT molecular complexity index is 1160. The van der Waals surface area contributed by atoms with Crippen molar-refractivity contribution in [2.75, 3.05) is 25.1 Å². The normalized spacial score (nSPS) is 19.9. The van der Waals surface area contributed by atoms with E-state index >= 15 is 0 Å². The van der Waals surface area contributed by atoms with Gasteiger partial charge < -0.3 is 15.0 Å². The molecule has 156 valence electrons. The number of fused-ring (bicyclic) bond motifs is 3. The molecule has 1 fully saturated rings. The molecular weight excluding hydrogens is 401 g/mol. The molecule has 4 heterocycles. The summed E-state index contributed by atoms with van der Waals surface area (Å²) < 4.78 is 49.4. The van der Waals surface area contributed by atoms with Crippen molar-refractivity contribution in [2.45, 2.75) is 24.3 Å². The van der Waals surface area contributed by atoms with E-state index in [1.807, 2.05) is 4.90 Å². The first kappa shape index (κ1) is 18.6. The molecule has 0 atom stereocenters. The van der Waals surface area contributed by atoms with Gasteiger partial charge in [0.1, 0.15) is 17.2 Å². The number of ether oxygens (including phenoxy) is 1. The minimum Gasteiger partial charge on any atom is -0.471 e. The summed E-state index contributed by atoms with van der Waals surface area (Å²) in [6.45, 7) is -1.95. The van der Waals surface area contributed by atoms with Crippen molar-refractivity contribution in [3.63, 3.8) is 0 Å². The molecule has 1 aliphatic heterocycles. The number of hydrogen-bond acceptors (Lipinski definition) is 6. The number of rotatable bonds is 0. The van der Waals surface area contributed by atoms with Gasteiger partial charge in [-0.25, -0.2) is 27.7 Å². The van der Waals surface area contributed by atoms with E-state index < -0.39 is 36.3 Å². The molecule has 1 N–H and O–H groups in total. The summed E-state index contributed by atoms with van der Waals surface area (Å²) >= 11 is 0. The standard InChI is InChI=1S/C19H17F3N6O2/c1-27-14-2-5-28-15(26-14)12(8-25-28)16(29)24-9-19(21,22)10-30-17-13(18(27)3-4-18)6-11(20)7-23-17/h2,5-8H,3-4,9-10H2,1H3,(H,24,29). The molecule has 30 heavy (non-hydrogen) atoms. The van der Waals surface area contributed by atoms with Crippen LogP contribution in [0, 0.1) is 5.82 Å². The van der Waals surface area contributed by atoms with E-state index in [1.165, 1.54) is 16.8 Å². The van der Waals surface area contributed by atoms with E-state index in [0.29, 0.717) is 24.2 Å². The predicted molar refractivity (Wildman–Crippen MR) is 99.3 cm³/mol. The van der Waals surface area contributed by atoms with E-state index in [0.717, 1.165) is 6.20 Å². The van der Waals surface area contributed by atoms with Crippen molar-refractivity contribution in [1.29, 1.82) is 0 Å². The summed E-state index contributed by atoms with van der Waals surface area (Å²) in [4.78, 5) is 22.7. The molecule has 8 nitrogen and oxygen atoms in total. The number of carbonyl (C=O) groups excluding carboxylic acids is 1. The molecule has 0 radical (unpaired) electrons. The summed E-state index contributed by atoms with van der Waals surface area (Å²) in [6.07, 6.45) is 5.12. The molecule has 1 spiro atoms. The maximum absolute atomic E-state index is 14.3. The van der Waals surface area contributed by atoms with Gasteiger partial charge >= 0.3 is 0 Å². The molecule has 1 amide bonds. The Hall–Kier alpha value is -3.37. The number of carbonyl (C=O) groups is 1. The van der Waals surface area contributed by atoms with Crippen LogP contribution in [-0.4, -0.2) is 51.6 Å².